The summed E-state index contributed by atoms with van der Waals surface area (Å²) in [5.74, 6) is -0.776. The number of anilines is 1. The number of aryl methyl sites for hydroxylation is 1. The second-order valence-corrected chi connectivity index (χ2v) is 9.86. The van der Waals surface area contributed by atoms with Crippen molar-refractivity contribution in [2.24, 2.45) is 5.73 Å². The lowest BCUT2D eigenvalue weighted by Gasteiger charge is -2.19. The molecule has 0 aliphatic carbocycles. The Morgan fingerprint density at radius 3 is 2.55 bits per heavy atom. The number of furan rings is 1. The van der Waals surface area contributed by atoms with Crippen molar-refractivity contribution in [3.8, 4) is 0 Å². The molecule has 178 valence electrons. The molecule has 2 aromatic heterocycles. The molecule has 2 heterocycles. The van der Waals surface area contributed by atoms with Gasteiger partial charge in [-0.05, 0) is 48.6 Å². The molecule has 0 saturated heterocycles. The number of carbonyl (C=O) groups excluding carboxylic acids is 1. The fraction of sp³-hybridized carbons (Fsp3) is 0.364. The molecule has 1 aromatic carbocycles. The first-order valence-electron chi connectivity index (χ1n) is 10.2. The first-order valence-corrected chi connectivity index (χ1v) is 12.1. The Bertz CT molecular complexity index is 1260. The van der Waals surface area contributed by atoms with Crippen LogP contribution in [0, 0.1) is 5.82 Å². The van der Waals surface area contributed by atoms with Crippen LogP contribution in [0.2, 0.25) is 0 Å². The SMILES string of the molecule is CN(c1nc2oc(Cc3ccc(F)cc3)c(C(N)=O)c2cc1CCCC(O)CO)S(C)(=O)=O. The second-order valence-electron chi connectivity index (χ2n) is 7.85. The highest BCUT2D eigenvalue weighted by molar-refractivity contribution is 7.92. The first kappa shape index (κ1) is 24.6. The molecule has 0 spiro atoms. The molecule has 1 atom stereocenters. The highest BCUT2D eigenvalue weighted by Gasteiger charge is 2.25. The number of rotatable bonds is 10. The predicted octanol–water partition coefficient (Wildman–Crippen LogP) is 1.73. The molecule has 0 saturated carbocycles. The number of hydrogen-bond acceptors (Lipinski definition) is 7. The monoisotopic (exact) mass is 479 g/mol. The summed E-state index contributed by atoms with van der Waals surface area (Å²) in [6, 6.07) is 7.31. The fourth-order valence-corrected chi connectivity index (χ4v) is 3.99. The van der Waals surface area contributed by atoms with Gasteiger partial charge in [0.25, 0.3) is 5.91 Å². The molecule has 4 N–H and O–H groups in total. The van der Waals surface area contributed by atoms with Gasteiger partial charge in [0.05, 0.1) is 29.9 Å². The molecule has 0 aliphatic rings. The molecule has 11 heteroatoms. The number of sulfonamides is 1. The van der Waals surface area contributed by atoms with Crippen molar-refractivity contribution in [2.75, 3.05) is 24.2 Å². The lowest BCUT2D eigenvalue weighted by atomic mass is 10.0. The van der Waals surface area contributed by atoms with Crippen LogP contribution < -0.4 is 10.0 Å². The van der Waals surface area contributed by atoms with E-state index in [1.807, 2.05) is 0 Å². The van der Waals surface area contributed by atoms with Gasteiger partial charge in [0.15, 0.2) is 0 Å². The van der Waals surface area contributed by atoms with E-state index in [9.17, 15) is 22.7 Å². The average molecular weight is 480 g/mol. The number of fused-ring (bicyclic) bond motifs is 1. The molecular weight excluding hydrogens is 453 g/mol. The van der Waals surface area contributed by atoms with Gasteiger partial charge in [0.1, 0.15) is 17.4 Å². The summed E-state index contributed by atoms with van der Waals surface area (Å²) in [5.41, 5.74) is 6.98. The number of aliphatic hydroxyl groups is 2. The minimum absolute atomic E-state index is 0.0468. The Kier molecular flexibility index (Phi) is 7.35. The van der Waals surface area contributed by atoms with Crippen molar-refractivity contribution in [3.05, 3.63) is 58.6 Å². The Labute approximate surface area is 190 Å². The predicted molar refractivity (Wildman–Crippen MR) is 121 cm³/mol. The summed E-state index contributed by atoms with van der Waals surface area (Å²) in [5, 5.41) is 19.0. The number of halogens is 1. The number of aromatic nitrogens is 1. The summed E-state index contributed by atoms with van der Waals surface area (Å²) in [6.07, 6.45) is 1.35. The van der Waals surface area contributed by atoms with Gasteiger partial charge in [-0.15, -0.1) is 0 Å². The number of pyridine rings is 1. The van der Waals surface area contributed by atoms with E-state index in [4.69, 9.17) is 15.3 Å². The average Bonchev–Trinajstić information content (AvgIpc) is 3.10. The number of nitrogens with zero attached hydrogens (tertiary/aromatic N) is 2. The molecule has 1 unspecified atom stereocenters. The second kappa shape index (κ2) is 9.86. The molecule has 0 aliphatic heterocycles. The quantitative estimate of drug-likeness (QED) is 0.401. The number of aliphatic hydroxyl groups excluding tert-OH is 2. The smallest absolute Gasteiger partial charge is 0.252 e. The molecule has 3 rings (SSSR count). The minimum atomic E-state index is -3.65. The lowest BCUT2D eigenvalue weighted by molar-refractivity contribution is 0.0867. The standard InChI is InChI=1S/C22H26FN3O6S/c1-26(33(2,30)31)21-14(4-3-5-16(28)12-27)11-17-19(20(24)29)18(32-22(17)25-21)10-13-6-8-15(23)9-7-13/h6-9,11,16,27-28H,3-5,10,12H2,1-2H3,(H2,24,29). The van der Waals surface area contributed by atoms with Crippen LogP contribution in [0.4, 0.5) is 10.2 Å². The van der Waals surface area contributed by atoms with Crippen LogP contribution in [0.1, 0.15) is 40.1 Å². The Balaban J connectivity index is 2.11. The third kappa shape index (κ3) is 5.67. The number of nitrogens with two attached hydrogens (primary N) is 1. The van der Waals surface area contributed by atoms with Crippen LogP contribution >= 0.6 is 0 Å². The maximum atomic E-state index is 13.2. The van der Waals surface area contributed by atoms with Crippen molar-refractivity contribution in [2.45, 2.75) is 31.8 Å². The molecule has 3 aromatic rings. The number of carbonyl (C=O) groups is 1. The van der Waals surface area contributed by atoms with Crippen molar-refractivity contribution < 1.29 is 32.2 Å². The molecule has 9 nitrogen and oxygen atoms in total. The van der Waals surface area contributed by atoms with Crippen molar-refractivity contribution in [1.29, 1.82) is 0 Å². The molecule has 33 heavy (non-hydrogen) atoms. The zero-order valence-electron chi connectivity index (χ0n) is 18.3. The molecule has 0 radical (unpaired) electrons. The maximum Gasteiger partial charge on any atom is 0.252 e. The fourth-order valence-electron chi connectivity index (χ4n) is 3.52. The summed E-state index contributed by atoms with van der Waals surface area (Å²) in [6.45, 7) is -0.381. The summed E-state index contributed by atoms with van der Waals surface area (Å²) >= 11 is 0. The third-order valence-corrected chi connectivity index (χ3v) is 6.49. The van der Waals surface area contributed by atoms with E-state index in [1.54, 1.807) is 18.2 Å². The van der Waals surface area contributed by atoms with E-state index < -0.39 is 27.9 Å². The van der Waals surface area contributed by atoms with Crippen LogP contribution in [-0.4, -0.2) is 55.5 Å². The van der Waals surface area contributed by atoms with E-state index >= 15 is 0 Å². The molecule has 0 fully saturated rings. The maximum absolute atomic E-state index is 13.2. The van der Waals surface area contributed by atoms with Gasteiger partial charge in [-0.2, -0.15) is 4.98 Å². The van der Waals surface area contributed by atoms with Gasteiger partial charge in [0, 0.05) is 13.5 Å². The van der Waals surface area contributed by atoms with Gasteiger partial charge >= 0.3 is 0 Å². The topological polar surface area (TPSA) is 147 Å². The highest BCUT2D eigenvalue weighted by atomic mass is 32.2. The molecule has 1 amide bonds. The van der Waals surface area contributed by atoms with Gasteiger partial charge in [-0.1, -0.05) is 12.1 Å². The van der Waals surface area contributed by atoms with E-state index in [0.29, 0.717) is 35.8 Å². The minimum Gasteiger partial charge on any atom is -0.441 e. The van der Waals surface area contributed by atoms with E-state index in [0.717, 1.165) is 10.6 Å². The van der Waals surface area contributed by atoms with Crippen LogP contribution in [-0.2, 0) is 22.9 Å². The van der Waals surface area contributed by atoms with Gasteiger partial charge in [0.2, 0.25) is 15.7 Å². The Morgan fingerprint density at radius 1 is 1.30 bits per heavy atom. The van der Waals surface area contributed by atoms with Crippen molar-refractivity contribution in [1.82, 2.24) is 4.98 Å². The van der Waals surface area contributed by atoms with Crippen LogP contribution in [0.15, 0.2) is 34.7 Å². The Morgan fingerprint density at radius 2 is 1.97 bits per heavy atom. The van der Waals surface area contributed by atoms with Crippen LogP contribution in [0.5, 0.6) is 0 Å². The normalized spacial score (nSPS) is 12.8. The summed E-state index contributed by atoms with van der Waals surface area (Å²) in [4.78, 5) is 16.7. The first-order chi connectivity index (χ1) is 15.5. The van der Waals surface area contributed by atoms with E-state index in [1.165, 1.54) is 19.2 Å². The summed E-state index contributed by atoms with van der Waals surface area (Å²) < 4.78 is 44.4. The number of benzene rings is 1. The number of hydrogen-bond donors (Lipinski definition) is 3. The largest absolute Gasteiger partial charge is 0.441 e. The Hall–Kier alpha value is -3.02. The highest BCUT2D eigenvalue weighted by Crippen LogP contribution is 2.32. The van der Waals surface area contributed by atoms with Gasteiger partial charge in [-0.25, -0.2) is 12.8 Å². The number of amides is 1. The van der Waals surface area contributed by atoms with Crippen LogP contribution in [0.3, 0.4) is 0 Å². The number of primary amides is 1. The summed E-state index contributed by atoms with van der Waals surface area (Å²) in [7, 11) is -2.30. The zero-order chi connectivity index (χ0) is 24.3. The van der Waals surface area contributed by atoms with Gasteiger partial charge in [-0.3, -0.25) is 9.10 Å². The van der Waals surface area contributed by atoms with E-state index in [2.05, 4.69) is 4.98 Å². The third-order valence-electron chi connectivity index (χ3n) is 5.33. The molecular formula is C22H26FN3O6S. The van der Waals surface area contributed by atoms with Crippen molar-refractivity contribution in [3.63, 3.8) is 0 Å². The van der Waals surface area contributed by atoms with Crippen LogP contribution in [0.25, 0.3) is 11.1 Å². The molecule has 0 bridgehead atoms. The van der Waals surface area contributed by atoms with Gasteiger partial charge < -0.3 is 20.4 Å². The zero-order valence-corrected chi connectivity index (χ0v) is 19.1. The van der Waals surface area contributed by atoms with Crippen molar-refractivity contribution >= 4 is 32.8 Å². The van der Waals surface area contributed by atoms with E-state index in [-0.39, 0.29) is 35.9 Å². The lowest BCUT2D eigenvalue weighted by Crippen LogP contribution is -2.27.